The van der Waals surface area contributed by atoms with Crippen LogP contribution in [0.25, 0.3) is 22.3 Å². The van der Waals surface area contributed by atoms with E-state index in [2.05, 4.69) is 31.9 Å². The fourth-order valence-electron chi connectivity index (χ4n) is 11.4. The van der Waals surface area contributed by atoms with Crippen LogP contribution in [0.4, 0.5) is 0 Å². The van der Waals surface area contributed by atoms with Crippen molar-refractivity contribution in [3.8, 4) is 22.3 Å². The SMILES string of the molecule is CC(=O)N[C@H]1[C@H]([C@H](O)[C@H](O)CNC(=O)c2ccc(-c3ccccc3)cc2)O[C@@](OCCCSCCNC(=O)c2ccc(C(=O)NCCSCCCO[C@]3(C(=O)[O-])C[C@H](O)[C@@H](NC(C)=O)[C@H]([C@H](O)[C@H](O)CNC(=O)c4ccc(-c5ccccc5)cc4)O3)cc2)(C(=O)[O-])C[C@@H]1OC(=O)c1ccccc1.[Na+].[Na+]. The van der Waals surface area contributed by atoms with Crippen LogP contribution >= 0.6 is 23.5 Å². The van der Waals surface area contributed by atoms with E-state index in [0.717, 1.165) is 36.1 Å². The van der Waals surface area contributed by atoms with Crippen molar-refractivity contribution in [1.29, 1.82) is 0 Å². The van der Waals surface area contributed by atoms with Gasteiger partial charge in [0, 0.05) is 86.6 Å². The molecule has 6 aromatic carbocycles. The minimum Gasteiger partial charge on any atom is -0.544 e. The van der Waals surface area contributed by atoms with Gasteiger partial charge < -0.3 is 101 Å². The van der Waals surface area contributed by atoms with Crippen LogP contribution in [0.1, 0.15) is 91.3 Å². The summed E-state index contributed by atoms with van der Waals surface area (Å²) in [5.74, 6) is -11.7. The number of carboxylic acid groups (broad SMARTS) is 2. The number of amides is 6. The number of thioether (sulfide) groups is 2. The van der Waals surface area contributed by atoms with Crippen molar-refractivity contribution in [3.05, 3.63) is 192 Å². The normalized spacial score (nSPS) is 20.9. The zero-order valence-electron chi connectivity index (χ0n) is 57.8. The second-order valence-electron chi connectivity index (χ2n) is 24.1. The van der Waals surface area contributed by atoms with Gasteiger partial charge in [0.15, 0.2) is 0 Å². The number of rotatable bonds is 36. The first-order valence-electron chi connectivity index (χ1n) is 32.9. The Labute approximate surface area is 653 Å². The monoisotopic (exact) mass is 1490 g/mol. The average Bonchev–Trinajstić information content (AvgIpc) is 0.769. The van der Waals surface area contributed by atoms with E-state index in [1.54, 1.807) is 66.7 Å². The summed E-state index contributed by atoms with van der Waals surface area (Å²) in [5, 5.41) is 97.9. The summed E-state index contributed by atoms with van der Waals surface area (Å²) >= 11 is 2.79. The number of hydrogen-bond donors (Lipinski definition) is 11. The predicted octanol–water partition coefficient (Wildman–Crippen LogP) is -4.86. The molecular formula is C73H82N6Na2O21S2. The molecule has 0 bridgehead atoms. The van der Waals surface area contributed by atoms with E-state index in [-0.39, 0.29) is 126 Å². The zero-order valence-corrected chi connectivity index (χ0v) is 63.5. The maximum absolute atomic E-state index is 13.5. The number of aliphatic hydroxyl groups excluding tert-OH is 5. The number of hydrogen-bond acceptors (Lipinski definition) is 23. The molecule has 2 aliphatic rings. The van der Waals surface area contributed by atoms with Gasteiger partial charge in [0.1, 0.15) is 42.5 Å². The summed E-state index contributed by atoms with van der Waals surface area (Å²) in [6.45, 7) is 1.11. The Kier molecular flexibility index (Phi) is 34.9. The van der Waals surface area contributed by atoms with Gasteiger partial charge in [-0.2, -0.15) is 23.5 Å². The van der Waals surface area contributed by atoms with E-state index in [1.165, 1.54) is 59.9 Å². The standard InChI is InChI=1S/C73H84N6O21S2.2Na/c1-44(80)78-59-55(82)40-72(70(92)93,99-63(59)61(85)56(83)42-76-67(89)52-24-20-48(21-25-52)46-14-6-3-7-15-46)96-34-12-36-101-38-32-74-65(87)50-28-30-51(31-29-50)66(88)75-33-39-102-37-13-35-97-73(71(94)95)41-58(98-69(91)54-18-10-5-11-19-54)60(79-45(2)81)64(100-73)62(86)57(84)43-77-68(90)53-26-22-49(23-27-53)47-16-8-4-9-17-47;;/h3-11,14-31,55-64,82-86H,12-13,32-43H2,1-2H3,(H,74,87)(H,75,88)(H,76,89)(H,77,90)(H,78,80)(H,79,81)(H,92,93)(H,94,95);;/q;2*+1/p-2/t55-,56+,57+,58-,59+,60+,61+,62+,63+,64+,72+,73+;;/m0../s1. The molecule has 544 valence electrons. The van der Waals surface area contributed by atoms with E-state index >= 15 is 0 Å². The Bertz CT molecular complexity index is 3790. The maximum Gasteiger partial charge on any atom is 1.00 e. The van der Waals surface area contributed by atoms with Crippen molar-refractivity contribution in [3.63, 3.8) is 0 Å². The number of carbonyl (C=O) groups excluding carboxylic acids is 9. The Morgan fingerprint density at radius 2 is 0.817 bits per heavy atom. The van der Waals surface area contributed by atoms with Crippen LogP contribution in [-0.2, 0) is 42.9 Å². The first-order valence-corrected chi connectivity index (χ1v) is 35.3. The van der Waals surface area contributed by atoms with Gasteiger partial charge >= 0.3 is 65.1 Å². The third kappa shape index (κ3) is 24.5. The molecule has 27 nitrogen and oxygen atoms in total. The molecule has 2 fully saturated rings. The number of esters is 1. The number of nitrogens with one attached hydrogen (secondary N) is 6. The van der Waals surface area contributed by atoms with Gasteiger partial charge in [0.2, 0.25) is 23.4 Å². The molecule has 0 radical (unpaired) electrons. The Morgan fingerprint density at radius 3 is 1.21 bits per heavy atom. The summed E-state index contributed by atoms with van der Waals surface area (Å²) < 4.78 is 29.2. The van der Waals surface area contributed by atoms with Gasteiger partial charge in [-0.25, -0.2) is 4.79 Å². The molecule has 6 amide bonds. The van der Waals surface area contributed by atoms with Crippen molar-refractivity contribution < 1.29 is 162 Å². The second kappa shape index (κ2) is 42.3. The van der Waals surface area contributed by atoms with Gasteiger partial charge in [-0.3, -0.25) is 28.8 Å². The zero-order chi connectivity index (χ0) is 73.3. The van der Waals surface area contributed by atoms with Gasteiger partial charge in [-0.1, -0.05) is 103 Å². The fourth-order valence-corrected chi connectivity index (χ4v) is 12.9. The molecule has 0 saturated carbocycles. The molecule has 2 heterocycles. The predicted molar refractivity (Wildman–Crippen MR) is 371 cm³/mol. The maximum atomic E-state index is 13.5. The summed E-state index contributed by atoms with van der Waals surface area (Å²) in [7, 11) is 0. The van der Waals surface area contributed by atoms with Crippen LogP contribution in [-0.4, -0.2) is 214 Å². The minimum absolute atomic E-state index is 0. The molecular weight excluding hydrogens is 1410 g/mol. The number of carbonyl (C=O) groups is 9. The molecule has 2 aliphatic heterocycles. The minimum atomic E-state index is -2.70. The fraction of sp³-hybridized carbons (Fsp3) is 0.384. The Morgan fingerprint density at radius 1 is 0.471 bits per heavy atom. The van der Waals surface area contributed by atoms with E-state index in [9.17, 15) is 78.9 Å². The smallest absolute Gasteiger partial charge is 0.544 e. The quantitative estimate of drug-likeness (QED) is 0.00998. The van der Waals surface area contributed by atoms with Gasteiger partial charge in [-0.05, 0) is 107 Å². The molecule has 11 N–H and O–H groups in total. The van der Waals surface area contributed by atoms with Gasteiger partial charge in [0.25, 0.3) is 23.6 Å². The number of ether oxygens (including phenoxy) is 5. The summed E-state index contributed by atoms with van der Waals surface area (Å²) in [4.78, 5) is 116. The molecule has 12 atom stereocenters. The topological polar surface area (TPSA) is 419 Å². The average molecular weight is 1490 g/mol. The van der Waals surface area contributed by atoms with Crippen LogP contribution in [0, 0.1) is 0 Å². The number of aliphatic carboxylic acids is 2. The van der Waals surface area contributed by atoms with E-state index in [1.807, 2.05) is 60.7 Å². The van der Waals surface area contributed by atoms with Gasteiger partial charge in [-0.15, -0.1) is 0 Å². The molecule has 6 aromatic rings. The molecule has 0 spiro atoms. The van der Waals surface area contributed by atoms with Gasteiger partial charge in [0.05, 0.1) is 49.2 Å². The second-order valence-corrected chi connectivity index (χ2v) is 26.6. The number of benzene rings is 6. The largest absolute Gasteiger partial charge is 1.00 e. The summed E-state index contributed by atoms with van der Waals surface area (Å²) in [5.41, 5.74) is 4.70. The molecule has 0 aromatic heterocycles. The Hall–Kier alpha value is -7.11. The van der Waals surface area contributed by atoms with Crippen molar-refractivity contribution in [2.24, 2.45) is 0 Å². The van der Waals surface area contributed by atoms with E-state index in [4.69, 9.17) is 23.7 Å². The van der Waals surface area contributed by atoms with Crippen molar-refractivity contribution in [1.82, 2.24) is 31.9 Å². The van der Waals surface area contributed by atoms with Crippen molar-refractivity contribution >= 4 is 76.9 Å². The number of carboxylic acids is 2. The van der Waals surface area contributed by atoms with Crippen molar-refractivity contribution in [2.75, 3.05) is 62.4 Å². The molecule has 0 aliphatic carbocycles. The van der Waals surface area contributed by atoms with Crippen molar-refractivity contribution in [2.45, 2.75) is 112 Å². The van der Waals surface area contributed by atoms with Crippen LogP contribution in [0.2, 0.25) is 0 Å². The number of aliphatic hydroxyl groups is 5. The van der Waals surface area contributed by atoms with E-state index < -0.39 is 152 Å². The molecule has 0 unspecified atom stereocenters. The first-order chi connectivity index (χ1) is 49.0. The van der Waals surface area contributed by atoms with Crippen LogP contribution in [0.5, 0.6) is 0 Å². The van der Waals surface area contributed by atoms with Crippen LogP contribution < -0.4 is 101 Å². The molecule has 31 heteroatoms. The summed E-state index contributed by atoms with van der Waals surface area (Å²) in [6.07, 6.45) is -15.4. The van der Waals surface area contributed by atoms with Crippen LogP contribution in [0.3, 0.4) is 0 Å². The third-order valence-corrected chi connectivity index (χ3v) is 18.8. The summed E-state index contributed by atoms with van der Waals surface area (Å²) in [6, 6.07) is 43.0. The Balaban J connectivity index is 0.00000849. The third-order valence-electron chi connectivity index (χ3n) is 16.7. The van der Waals surface area contributed by atoms with Crippen LogP contribution in [0.15, 0.2) is 164 Å². The van der Waals surface area contributed by atoms with E-state index in [0.29, 0.717) is 23.0 Å². The molecule has 8 rings (SSSR count). The first kappa shape index (κ1) is 85.8. The molecule has 2 saturated heterocycles. The molecule has 104 heavy (non-hydrogen) atoms.